The minimum atomic E-state index is -0.836. The molecule has 1 aliphatic rings. The van der Waals surface area contributed by atoms with Crippen LogP contribution in [0.5, 0.6) is 0 Å². The van der Waals surface area contributed by atoms with Crippen molar-refractivity contribution in [2.75, 3.05) is 19.7 Å². The van der Waals surface area contributed by atoms with Crippen molar-refractivity contribution in [3.8, 4) is 0 Å². The molecular weight excluding hydrogens is 205 g/mol. The fourth-order valence-corrected chi connectivity index (χ4v) is 2.24. The molecular formula is C13H18FNO. The fraction of sp³-hybridized carbons (Fsp3) is 0.538. The van der Waals surface area contributed by atoms with Gasteiger partial charge in [0, 0.05) is 32.2 Å². The van der Waals surface area contributed by atoms with Crippen LogP contribution < -0.4 is 0 Å². The van der Waals surface area contributed by atoms with Gasteiger partial charge in [-0.15, -0.1) is 0 Å². The molecule has 1 aromatic rings. The molecule has 0 bridgehead atoms. The lowest BCUT2D eigenvalue weighted by molar-refractivity contribution is 0.0463. The number of alkyl halides is 1. The van der Waals surface area contributed by atoms with Crippen LogP contribution in [0.25, 0.3) is 0 Å². The van der Waals surface area contributed by atoms with Crippen LogP contribution in [0.1, 0.15) is 12.0 Å². The molecule has 88 valence electrons. The van der Waals surface area contributed by atoms with Gasteiger partial charge < -0.3 is 5.11 Å². The molecule has 2 rings (SSSR count). The molecule has 1 N–H and O–H groups in total. The summed E-state index contributed by atoms with van der Waals surface area (Å²) in [6, 6.07) is 10.2. The first kappa shape index (κ1) is 11.6. The van der Waals surface area contributed by atoms with Crippen LogP contribution in [0.3, 0.4) is 0 Å². The smallest absolute Gasteiger partial charge is 0.108 e. The Morgan fingerprint density at radius 1 is 1.31 bits per heavy atom. The molecule has 0 aliphatic carbocycles. The second-order valence-electron chi connectivity index (χ2n) is 4.47. The topological polar surface area (TPSA) is 23.5 Å². The Morgan fingerprint density at radius 3 is 2.75 bits per heavy atom. The van der Waals surface area contributed by atoms with Crippen LogP contribution in [-0.4, -0.2) is 35.9 Å². The predicted octanol–water partition coefficient (Wildman–Crippen LogP) is 1.84. The number of rotatable bonds is 3. The van der Waals surface area contributed by atoms with Gasteiger partial charge in [0.25, 0.3) is 0 Å². The SMILES string of the molecule is OC[C@H]1CN(Cc2ccccc2)CC[C@@H]1F. The van der Waals surface area contributed by atoms with E-state index in [2.05, 4.69) is 17.0 Å². The number of likely N-dealkylation sites (tertiary alicyclic amines) is 1. The van der Waals surface area contributed by atoms with E-state index in [1.165, 1.54) is 5.56 Å². The number of hydrogen-bond donors (Lipinski definition) is 1. The lowest BCUT2D eigenvalue weighted by Gasteiger charge is -2.34. The minimum absolute atomic E-state index is 0.0492. The highest BCUT2D eigenvalue weighted by molar-refractivity contribution is 5.14. The van der Waals surface area contributed by atoms with Crippen molar-refractivity contribution < 1.29 is 9.50 Å². The van der Waals surface area contributed by atoms with Gasteiger partial charge in [0.05, 0.1) is 0 Å². The second-order valence-corrected chi connectivity index (χ2v) is 4.47. The lowest BCUT2D eigenvalue weighted by Crippen LogP contribution is -2.42. The molecule has 0 spiro atoms. The second kappa shape index (κ2) is 5.41. The third-order valence-corrected chi connectivity index (χ3v) is 3.21. The summed E-state index contributed by atoms with van der Waals surface area (Å²) >= 11 is 0. The van der Waals surface area contributed by atoms with Crippen LogP contribution in [0.4, 0.5) is 4.39 Å². The highest BCUT2D eigenvalue weighted by atomic mass is 19.1. The molecule has 1 aliphatic heterocycles. The van der Waals surface area contributed by atoms with Crippen LogP contribution in [0, 0.1) is 5.92 Å². The highest BCUT2D eigenvalue weighted by Crippen LogP contribution is 2.21. The van der Waals surface area contributed by atoms with Gasteiger partial charge in [-0.05, 0) is 12.0 Å². The Balaban J connectivity index is 1.92. The number of hydrogen-bond acceptors (Lipinski definition) is 2. The van der Waals surface area contributed by atoms with Crippen molar-refractivity contribution in [1.82, 2.24) is 4.90 Å². The van der Waals surface area contributed by atoms with Crippen LogP contribution in [0.15, 0.2) is 30.3 Å². The third-order valence-electron chi connectivity index (χ3n) is 3.21. The number of piperidine rings is 1. The van der Waals surface area contributed by atoms with Crippen LogP contribution >= 0.6 is 0 Å². The number of nitrogens with zero attached hydrogens (tertiary/aromatic N) is 1. The molecule has 0 radical (unpaired) electrons. The first-order valence-corrected chi connectivity index (χ1v) is 5.81. The van der Waals surface area contributed by atoms with Crippen molar-refractivity contribution in [3.63, 3.8) is 0 Å². The number of benzene rings is 1. The normalized spacial score (nSPS) is 26.9. The summed E-state index contributed by atoms with van der Waals surface area (Å²) in [5.41, 5.74) is 1.25. The Bertz CT molecular complexity index is 317. The zero-order valence-electron chi connectivity index (χ0n) is 9.35. The zero-order chi connectivity index (χ0) is 11.4. The zero-order valence-corrected chi connectivity index (χ0v) is 9.35. The molecule has 1 heterocycles. The van der Waals surface area contributed by atoms with E-state index in [1.54, 1.807) is 0 Å². The molecule has 2 atom stereocenters. The first-order chi connectivity index (χ1) is 7.79. The third kappa shape index (κ3) is 2.80. The molecule has 0 aromatic heterocycles. The quantitative estimate of drug-likeness (QED) is 0.845. The largest absolute Gasteiger partial charge is 0.396 e. The number of aliphatic hydroxyl groups is 1. The summed E-state index contributed by atoms with van der Waals surface area (Å²) in [5.74, 6) is -0.211. The van der Waals surface area contributed by atoms with Gasteiger partial charge in [0.1, 0.15) is 6.17 Å². The van der Waals surface area contributed by atoms with Gasteiger partial charge in [-0.1, -0.05) is 30.3 Å². The molecule has 1 aromatic carbocycles. The fourth-order valence-electron chi connectivity index (χ4n) is 2.24. The van der Waals surface area contributed by atoms with E-state index in [4.69, 9.17) is 5.11 Å². The summed E-state index contributed by atoms with van der Waals surface area (Å²) in [4.78, 5) is 2.21. The molecule has 1 fully saturated rings. The van der Waals surface area contributed by atoms with Crippen molar-refractivity contribution in [1.29, 1.82) is 0 Å². The van der Waals surface area contributed by atoms with Gasteiger partial charge in [-0.25, -0.2) is 4.39 Å². The van der Waals surface area contributed by atoms with Crippen LogP contribution in [-0.2, 0) is 6.54 Å². The van der Waals surface area contributed by atoms with E-state index >= 15 is 0 Å². The lowest BCUT2D eigenvalue weighted by atomic mass is 9.96. The van der Waals surface area contributed by atoms with E-state index in [1.807, 2.05) is 18.2 Å². The Hall–Kier alpha value is -0.930. The highest BCUT2D eigenvalue weighted by Gasteiger charge is 2.28. The summed E-state index contributed by atoms with van der Waals surface area (Å²) in [5, 5.41) is 9.08. The molecule has 2 nitrogen and oxygen atoms in total. The molecule has 1 saturated heterocycles. The Morgan fingerprint density at radius 2 is 2.06 bits per heavy atom. The maximum absolute atomic E-state index is 13.4. The van der Waals surface area contributed by atoms with Crippen molar-refractivity contribution in [2.45, 2.75) is 19.1 Å². The average molecular weight is 223 g/mol. The van der Waals surface area contributed by atoms with Gasteiger partial charge >= 0.3 is 0 Å². The number of halogens is 1. The van der Waals surface area contributed by atoms with E-state index in [-0.39, 0.29) is 12.5 Å². The average Bonchev–Trinajstić information content (AvgIpc) is 2.33. The maximum atomic E-state index is 13.4. The predicted molar refractivity (Wildman–Crippen MR) is 61.8 cm³/mol. The van der Waals surface area contributed by atoms with Gasteiger partial charge in [-0.3, -0.25) is 4.90 Å². The standard InChI is InChI=1S/C13H18FNO/c14-13-6-7-15(9-12(13)10-16)8-11-4-2-1-3-5-11/h1-5,12-13,16H,6-10H2/t12-,13+/m1/s1. The summed E-state index contributed by atoms with van der Waals surface area (Å²) < 4.78 is 13.4. The maximum Gasteiger partial charge on any atom is 0.108 e. The monoisotopic (exact) mass is 223 g/mol. The number of aliphatic hydroxyl groups excluding tert-OH is 1. The van der Waals surface area contributed by atoms with Crippen molar-refractivity contribution >= 4 is 0 Å². The van der Waals surface area contributed by atoms with E-state index < -0.39 is 6.17 Å². The Kier molecular flexibility index (Phi) is 3.91. The molecule has 0 saturated carbocycles. The van der Waals surface area contributed by atoms with Gasteiger partial charge in [-0.2, -0.15) is 0 Å². The summed E-state index contributed by atoms with van der Waals surface area (Å²) in [6.07, 6.45) is -0.296. The van der Waals surface area contributed by atoms with Gasteiger partial charge in [0.15, 0.2) is 0 Å². The van der Waals surface area contributed by atoms with Crippen molar-refractivity contribution in [2.24, 2.45) is 5.92 Å². The Labute approximate surface area is 95.7 Å². The van der Waals surface area contributed by atoms with Gasteiger partial charge in [0.2, 0.25) is 0 Å². The van der Waals surface area contributed by atoms with E-state index in [9.17, 15) is 4.39 Å². The van der Waals surface area contributed by atoms with Crippen LogP contribution in [0.2, 0.25) is 0 Å². The molecule has 0 amide bonds. The van der Waals surface area contributed by atoms with Crippen molar-refractivity contribution in [3.05, 3.63) is 35.9 Å². The van der Waals surface area contributed by atoms with E-state index in [0.29, 0.717) is 13.0 Å². The summed E-state index contributed by atoms with van der Waals surface area (Å²) in [6.45, 7) is 2.25. The molecule has 16 heavy (non-hydrogen) atoms. The first-order valence-electron chi connectivity index (χ1n) is 5.81. The minimum Gasteiger partial charge on any atom is -0.396 e. The summed E-state index contributed by atoms with van der Waals surface area (Å²) in [7, 11) is 0. The van der Waals surface area contributed by atoms with E-state index in [0.717, 1.165) is 13.1 Å². The molecule has 3 heteroatoms. The molecule has 0 unspecified atom stereocenters.